The summed E-state index contributed by atoms with van der Waals surface area (Å²) in [5.74, 6) is 0.132. The molecule has 0 heterocycles. The van der Waals surface area contributed by atoms with Crippen molar-refractivity contribution in [1.29, 1.82) is 0 Å². The van der Waals surface area contributed by atoms with Gasteiger partial charge in [-0.3, -0.25) is 0 Å². The lowest BCUT2D eigenvalue weighted by atomic mass is 10.1. The van der Waals surface area contributed by atoms with E-state index in [4.69, 9.17) is 0 Å². The van der Waals surface area contributed by atoms with E-state index < -0.39 is 6.10 Å². The lowest BCUT2D eigenvalue weighted by Gasteiger charge is -2.15. The van der Waals surface area contributed by atoms with E-state index in [1.807, 2.05) is 32.8 Å². The van der Waals surface area contributed by atoms with Crippen molar-refractivity contribution in [3.63, 3.8) is 0 Å². The molecule has 1 rings (SSSR count). The number of nitrogens with zero attached hydrogens (tertiary/aromatic N) is 1. The number of hydrogen-bond donors (Lipinski definition) is 3. The molecule has 23 heavy (non-hydrogen) atoms. The Hall–Kier alpha value is -1.66. The van der Waals surface area contributed by atoms with Gasteiger partial charge < -0.3 is 20.6 Å². The second-order valence-corrected chi connectivity index (χ2v) is 6.51. The first-order chi connectivity index (χ1) is 10.8. The van der Waals surface area contributed by atoms with Gasteiger partial charge in [-0.05, 0) is 44.1 Å². The van der Waals surface area contributed by atoms with E-state index in [0.717, 1.165) is 5.56 Å². The zero-order chi connectivity index (χ0) is 17.4. The molecule has 2 amide bonds. The zero-order valence-electron chi connectivity index (χ0n) is 14.4. The number of amides is 2. The van der Waals surface area contributed by atoms with Crippen LogP contribution in [0.3, 0.4) is 0 Å². The van der Waals surface area contributed by atoms with Crippen LogP contribution in [-0.2, 0) is 13.1 Å². The first-order valence-corrected chi connectivity index (χ1v) is 7.89. The van der Waals surface area contributed by atoms with Gasteiger partial charge in [0.25, 0.3) is 0 Å². The lowest BCUT2D eigenvalue weighted by molar-refractivity contribution is 0.147. The topological polar surface area (TPSA) is 64.6 Å². The third kappa shape index (κ3) is 7.95. The van der Waals surface area contributed by atoms with Gasteiger partial charge in [0, 0.05) is 25.2 Å². The molecule has 1 unspecified atom stereocenters. The highest BCUT2D eigenvalue weighted by Crippen LogP contribution is 2.12. The number of rotatable bonds is 8. The second-order valence-electron chi connectivity index (χ2n) is 6.51. The van der Waals surface area contributed by atoms with E-state index in [1.165, 1.54) is 6.07 Å². The summed E-state index contributed by atoms with van der Waals surface area (Å²) < 4.78 is 13.7. The fraction of sp³-hybridized carbons (Fsp3) is 0.588. The molecule has 0 aromatic heterocycles. The smallest absolute Gasteiger partial charge is 0.315 e. The largest absolute Gasteiger partial charge is 0.391 e. The monoisotopic (exact) mass is 325 g/mol. The minimum absolute atomic E-state index is 0.222. The molecule has 0 bridgehead atoms. The van der Waals surface area contributed by atoms with Crippen LogP contribution in [-0.4, -0.2) is 42.8 Å². The number of hydrogen-bond acceptors (Lipinski definition) is 3. The Morgan fingerprint density at radius 1 is 1.30 bits per heavy atom. The van der Waals surface area contributed by atoms with Crippen LogP contribution in [0.2, 0.25) is 0 Å². The van der Waals surface area contributed by atoms with Gasteiger partial charge in [-0.25, -0.2) is 9.18 Å². The van der Waals surface area contributed by atoms with Crippen molar-refractivity contribution in [3.8, 4) is 0 Å². The second kappa shape index (κ2) is 9.47. The summed E-state index contributed by atoms with van der Waals surface area (Å²) >= 11 is 0. The predicted molar refractivity (Wildman–Crippen MR) is 89.5 cm³/mol. The normalized spacial score (nSPS) is 12.5. The minimum atomic E-state index is -0.543. The predicted octanol–water partition coefficient (Wildman–Crippen LogP) is 2.09. The molecule has 0 fully saturated rings. The van der Waals surface area contributed by atoms with Gasteiger partial charge in [0.2, 0.25) is 0 Å². The number of aliphatic hydroxyl groups is 1. The van der Waals surface area contributed by atoms with E-state index in [0.29, 0.717) is 31.0 Å². The van der Waals surface area contributed by atoms with Gasteiger partial charge in [-0.15, -0.1) is 0 Å². The zero-order valence-corrected chi connectivity index (χ0v) is 14.4. The van der Waals surface area contributed by atoms with Crippen LogP contribution in [0.25, 0.3) is 0 Å². The van der Waals surface area contributed by atoms with Gasteiger partial charge in [-0.1, -0.05) is 19.9 Å². The average Bonchev–Trinajstić information content (AvgIpc) is 2.44. The van der Waals surface area contributed by atoms with Crippen LogP contribution < -0.4 is 10.6 Å². The molecular formula is C17H28FN3O2. The number of nitrogens with one attached hydrogen (secondary N) is 2. The number of carbonyl (C=O) groups is 1. The fourth-order valence-corrected chi connectivity index (χ4v) is 2.28. The summed E-state index contributed by atoms with van der Waals surface area (Å²) in [6.45, 7) is 5.08. The maximum atomic E-state index is 13.7. The van der Waals surface area contributed by atoms with Crippen LogP contribution >= 0.6 is 0 Å². The number of benzene rings is 1. The number of carbonyl (C=O) groups excluding carboxylic acids is 1. The highest BCUT2D eigenvalue weighted by molar-refractivity contribution is 5.73. The van der Waals surface area contributed by atoms with Crippen molar-refractivity contribution >= 4 is 6.03 Å². The highest BCUT2D eigenvalue weighted by Gasteiger charge is 2.09. The first kappa shape index (κ1) is 19.4. The average molecular weight is 325 g/mol. The SMILES string of the molecule is CC(C)CC(O)CNC(=O)NCc1ccc(F)c(CN(C)C)c1. The van der Waals surface area contributed by atoms with E-state index in [1.54, 1.807) is 12.1 Å². The molecular weight excluding hydrogens is 297 g/mol. The first-order valence-electron chi connectivity index (χ1n) is 7.89. The van der Waals surface area contributed by atoms with Gasteiger partial charge in [0.05, 0.1) is 6.10 Å². The highest BCUT2D eigenvalue weighted by atomic mass is 19.1. The Balaban J connectivity index is 2.44. The van der Waals surface area contributed by atoms with Crippen molar-refractivity contribution < 1.29 is 14.3 Å². The van der Waals surface area contributed by atoms with Gasteiger partial charge in [0.1, 0.15) is 5.82 Å². The molecule has 3 N–H and O–H groups in total. The molecule has 0 aliphatic rings. The Labute approximate surface area is 137 Å². The van der Waals surface area contributed by atoms with E-state index >= 15 is 0 Å². The Bertz CT molecular complexity index is 507. The maximum Gasteiger partial charge on any atom is 0.315 e. The molecule has 0 aliphatic heterocycles. The summed E-state index contributed by atoms with van der Waals surface area (Å²) in [7, 11) is 3.75. The molecule has 0 radical (unpaired) electrons. The number of aliphatic hydroxyl groups excluding tert-OH is 1. The van der Waals surface area contributed by atoms with Crippen molar-refractivity contribution in [3.05, 3.63) is 35.1 Å². The summed E-state index contributed by atoms with van der Waals surface area (Å²) in [5.41, 5.74) is 1.43. The Morgan fingerprint density at radius 2 is 2.00 bits per heavy atom. The van der Waals surface area contributed by atoms with Crippen LogP contribution in [0.4, 0.5) is 9.18 Å². The molecule has 0 spiro atoms. The van der Waals surface area contributed by atoms with Crippen LogP contribution in [0.1, 0.15) is 31.4 Å². The van der Waals surface area contributed by atoms with Gasteiger partial charge >= 0.3 is 6.03 Å². The Kier molecular flexibility index (Phi) is 7.98. The fourth-order valence-electron chi connectivity index (χ4n) is 2.28. The summed E-state index contributed by atoms with van der Waals surface area (Å²) in [5, 5.41) is 15.1. The third-order valence-corrected chi connectivity index (χ3v) is 3.29. The minimum Gasteiger partial charge on any atom is -0.391 e. The van der Waals surface area contributed by atoms with Gasteiger partial charge in [0.15, 0.2) is 0 Å². The number of halogens is 1. The molecule has 1 aromatic carbocycles. The third-order valence-electron chi connectivity index (χ3n) is 3.29. The molecule has 130 valence electrons. The molecule has 0 aliphatic carbocycles. The molecule has 1 aromatic rings. The van der Waals surface area contributed by atoms with Crippen LogP contribution in [0.5, 0.6) is 0 Å². The quantitative estimate of drug-likeness (QED) is 0.686. The summed E-state index contributed by atoms with van der Waals surface area (Å²) in [6, 6.07) is 4.48. The number of urea groups is 1. The Morgan fingerprint density at radius 3 is 2.61 bits per heavy atom. The maximum absolute atomic E-state index is 13.7. The summed E-state index contributed by atoms with van der Waals surface area (Å²) in [4.78, 5) is 13.6. The molecule has 1 atom stereocenters. The molecule has 5 nitrogen and oxygen atoms in total. The van der Waals surface area contributed by atoms with Gasteiger partial charge in [-0.2, -0.15) is 0 Å². The van der Waals surface area contributed by atoms with Crippen LogP contribution in [0.15, 0.2) is 18.2 Å². The van der Waals surface area contributed by atoms with E-state index in [-0.39, 0.29) is 18.4 Å². The molecule has 0 saturated carbocycles. The van der Waals surface area contributed by atoms with E-state index in [9.17, 15) is 14.3 Å². The molecule has 6 heteroatoms. The van der Waals surface area contributed by atoms with Crippen LogP contribution in [0, 0.1) is 11.7 Å². The standard InChI is InChI=1S/C17H28FN3O2/c1-12(2)7-15(22)10-20-17(23)19-9-13-5-6-16(18)14(8-13)11-21(3)4/h5-6,8,12,15,22H,7,9-11H2,1-4H3,(H2,19,20,23). The van der Waals surface area contributed by atoms with E-state index in [2.05, 4.69) is 10.6 Å². The van der Waals surface area contributed by atoms with Crippen molar-refractivity contribution in [2.24, 2.45) is 5.92 Å². The van der Waals surface area contributed by atoms with Crippen molar-refractivity contribution in [1.82, 2.24) is 15.5 Å². The van der Waals surface area contributed by atoms with Crippen molar-refractivity contribution in [2.45, 2.75) is 39.5 Å². The lowest BCUT2D eigenvalue weighted by Crippen LogP contribution is -2.39. The van der Waals surface area contributed by atoms with Crippen molar-refractivity contribution in [2.75, 3.05) is 20.6 Å². The summed E-state index contributed by atoms with van der Waals surface area (Å²) in [6.07, 6.45) is 0.102. The molecule has 0 saturated heterocycles.